The Morgan fingerprint density at radius 2 is 1.83 bits per heavy atom. The van der Waals surface area contributed by atoms with E-state index in [1.165, 1.54) is 11.3 Å². The lowest BCUT2D eigenvalue weighted by atomic mass is 9.98. The van der Waals surface area contributed by atoms with Crippen LogP contribution in [0.4, 0.5) is 4.79 Å². The molecule has 4 rings (SSSR count). The van der Waals surface area contributed by atoms with Crippen molar-refractivity contribution in [3.8, 4) is 27.6 Å². The summed E-state index contributed by atoms with van der Waals surface area (Å²) in [5.41, 5.74) is 3.11. The Labute approximate surface area is 225 Å². The summed E-state index contributed by atoms with van der Waals surface area (Å²) in [4.78, 5) is 11.6. The topological polar surface area (TPSA) is 92.9 Å². The van der Waals surface area contributed by atoms with Gasteiger partial charge >= 0.3 is 6.09 Å². The first-order valence-corrected chi connectivity index (χ1v) is 13.0. The van der Waals surface area contributed by atoms with Crippen LogP contribution in [0, 0.1) is 0 Å². The van der Waals surface area contributed by atoms with Crippen LogP contribution in [-0.2, 0) is 5.41 Å². The van der Waals surface area contributed by atoms with Gasteiger partial charge < -0.3 is 10.4 Å². The second-order valence-electron chi connectivity index (χ2n) is 8.96. The first-order chi connectivity index (χ1) is 16.5. The third-order valence-electron chi connectivity index (χ3n) is 5.22. The average molecular weight is 595 g/mol. The van der Waals surface area contributed by atoms with Crippen molar-refractivity contribution in [1.29, 1.82) is 0 Å². The van der Waals surface area contributed by atoms with Crippen LogP contribution in [0.25, 0.3) is 27.6 Å². The van der Waals surface area contributed by atoms with Crippen molar-refractivity contribution in [2.45, 2.75) is 39.2 Å². The van der Waals surface area contributed by atoms with E-state index >= 15 is 0 Å². The Morgan fingerprint density at radius 3 is 2.40 bits per heavy atom. The fourth-order valence-corrected chi connectivity index (χ4v) is 5.24. The zero-order chi connectivity index (χ0) is 25.5. The Morgan fingerprint density at radius 1 is 1.14 bits per heavy atom. The third-order valence-corrected chi connectivity index (χ3v) is 7.64. The molecule has 0 aliphatic heterocycles. The summed E-state index contributed by atoms with van der Waals surface area (Å²) in [6.07, 6.45) is -1.14. The minimum Gasteiger partial charge on any atom is -0.465 e. The summed E-state index contributed by atoms with van der Waals surface area (Å²) in [5, 5.41) is 28.1. The highest BCUT2D eigenvalue weighted by atomic mass is 79.9. The van der Waals surface area contributed by atoms with Crippen LogP contribution in [0.3, 0.4) is 0 Å². The Hall–Kier alpha value is -2.46. The SMILES string of the molecule is CC(NC(=O)O)c1c(-c2nnc(C(C)(C)C)s2)nn(-c2ccc(Cl)cc2Cl)c1-c1ccc(Br)cc1. The molecule has 0 aliphatic carbocycles. The molecule has 0 saturated carbocycles. The molecule has 7 nitrogen and oxygen atoms in total. The number of carbonyl (C=O) groups is 1. The van der Waals surface area contributed by atoms with E-state index in [0.29, 0.717) is 37.7 Å². The molecule has 2 heterocycles. The number of carboxylic acid groups (broad SMARTS) is 1. The van der Waals surface area contributed by atoms with Gasteiger partial charge in [-0.1, -0.05) is 83.4 Å². The van der Waals surface area contributed by atoms with Crippen LogP contribution in [0.1, 0.15) is 44.3 Å². The summed E-state index contributed by atoms with van der Waals surface area (Å²) in [6, 6.07) is 12.2. The zero-order valence-corrected chi connectivity index (χ0v) is 23.2. The van der Waals surface area contributed by atoms with E-state index < -0.39 is 12.1 Å². The standard InChI is InChI=1S/C24H22BrCl2N5O2S/c1-12(28-23(33)34)18-19(21-29-30-22(35-21)24(2,3)4)31-32(17-10-9-15(26)11-16(17)27)20(18)13-5-7-14(25)8-6-13/h5-12,28H,1-4H3,(H,33,34). The molecular weight excluding hydrogens is 573 g/mol. The van der Waals surface area contributed by atoms with Crippen LogP contribution in [0.15, 0.2) is 46.9 Å². The van der Waals surface area contributed by atoms with E-state index in [4.69, 9.17) is 28.3 Å². The summed E-state index contributed by atoms with van der Waals surface area (Å²) < 4.78 is 2.62. The normalized spacial score (nSPS) is 12.5. The number of hydrogen-bond donors (Lipinski definition) is 2. The summed E-state index contributed by atoms with van der Waals surface area (Å²) >= 11 is 17.7. The maximum atomic E-state index is 11.6. The second-order valence-corrected chi connectivity index (χ2v) is 11.7. The number of benzene rings is 2. The highest BCUT2D eigenvalue weighted by Crippen LogP contribution is 2.41. The molecular formula is C24H22BrCl2N5O2S. The fraction of sp³-hybridized carbons (Fsp3) is 0.250. The van der Waals surface area contributed by atoms with Crippen LogP contribution in [-0.4, -0.2) is 31.2 Å². The molecule has 1 unspecified atom stereocenters. The molecule has 0 spiro atoms. The maximum Gasteiger partial charge on any atom is 0.405 e. The zero-order valence-electron chi connectivity index (χ0n) is 19.3. The second kappa shape index (κ2) is 9.89. The lowest BCUT2D eigenvalue weighted by Crippen LogP contribution is -2.25. The number of hydrogen-bond acceptors (Lipinski definition) is 5. The molecule has 2 aromatic heterocycles. The van der Waals surface area contributed by atoms with Crippen molar-refractivity contribution in [3.63, 3.8) is 0 Å². The summed E-state index contributed by atoms with van der Waals surface area (Å²) in [7, 11) is 0. The molecule has 1 atom stereocenters. The van der Waals surface area contributed by atoms with Crippen molar-refractivity contribution in [3.05, 3.63) is 67.6 Å². The molecule has 1 amide bonds. The summed E-state index contributed by atoms with van der Waals surface area (Å²) in [5.74, 6) is 0. The Bertz CT molecular complexity index is 1400. The van der Waals surface area contributed by atoms with Gasteiger partial charge in [0.05, 0.1) is 22.4 Å². The number of amides is 1. The molecule has 0 aliphatic rings. The number of rotatable bonds is 5. The number of nitrogens with zero attached hydrogens (tertiary/aromatic N) is 4. The van der Waals surface area contributed by atoms with Gasteiger partial charge in [0.2, 0.25) is 0 Å². The van der Waals surface area contributed by atoms with Crippen LogP contribution >= 0.6 is 50.5 Å². The minimum atomic E-state index is -1.14. The third kappa shape index (κ3) is 5.38. The monoisotopic (exact) mass is 593 g/mol. The van der Waals surface area contributed by atoms with Gasteiger partial charge in [-0.05, 0) is 37.3 Å². The largest absolute Gasteiger partial charge is 0.465 e. The van der Waals surface area contributed by atoms with Crippen molar-refractivity contribution in [1.82, 2.24) is 25.3 Å². The van der Waals surface area contributed by atoms with Gasteiger partial charge in [-0.15, -0.1) is 10.2 Å². The first kappa shape index (κ1) is 25.6. The molecule has 0 bridgehead atoms. The van der Waals surface area contributed by atoms with Gasteiger partial charge in [0, 0.05) is 26.0 Å². The maximum absolute atomic E-state index is 11.6. The highest BCUT2D eigenvalue weighted by molar-refractivity contribution is 9.10. The number of halogens is 3. The smallest absolute Gasteiger partial charge is 0.405 e. The quantitative estimate of drug-likeness (QED) is 0.246. The molecule has 2 N–H and O–H groups in total. The van der Waals surface area contributed by atoms with Gasteiger partial charge in [0.1, 0.15) is 10.7 Å². The van der Waals surface area contributed by atoms with E-state index in [1.54, 1.807) is 29.8 Å². The van der Waals surface area contributed by atoms with E-state index in [2.05, 4.69) is 52.2 Å². The fourth-order valence-electron chi connectivity index (χ4n) is 3.59. The van der Waals surface area contributed by atoms with Crippen molar-refractivity contribution in [2.75, 3.05) is 0 Å². The lowest BCUT2D eigenvalue weighted by molar-refractivity contribution is 0.191. The van der Waals surface area contributed by atoms with Gasteiger partial charge in [0.15, 0.2) is 5.01 Å². The van der Waals surface area contributed by atoms with Gasteiger partial charge in [-0.2, -0.15) is 5.10 Å². The molecule has 0 radical (unpaired) electrons. The molecule has 0 fully saturated rings. The lowest BCUT2D eigenvalue weighted by Gasteiger charge is -2.16. The predicted octanol–water partition coefficient (Wildman–Crippen LogP) is 7.75. The molecule has 2 aromatic carbocycles. The van der Waals surface area contributed by atoms with Crippen molar-refractivity contribution < 1.29 is 9.90 Å². The van der Waals surface area contributed by atoms with Gasteiger partial charge in [0.25, 0.3) is 0 Å². The highest BCUT2D eigenvalue weighted by Gasteiger charge is 2.30. The Balaban J connectivity index is 2.06. The number of aromatic nitrogens is 4. The molecule has 11 heteroatoms. The van der Waals surface area contributed by atoms with Crippen molar-refractivity contribution in [2.24, 2.45) is 0 Å². The van der Waals surface area contributed by atoms with Crippen LogP contribution in [0.2, 0.25) is 10.0 Å². The van der Waals surface area contributed by atoms with E-state index in [-0.39, 0.29) is 5.41 Å². The minimum absolute atomic E-state index is 0.197. The predicted molar refractivity (Wildman–Crippen MR) is 144 cm³/mol. The molecule has 35 heavy (non-hydrogen) atoms. The molecule has 0 saturated heterocycles. The van der Waals surface area contributed by atoms with Crippen LogP contribution in [0.5, 0.6) is 0 Å². The average Bonchev–Trinajstić information content (AvgIpc) is 3.39. The number of nitrogens with one attached hydrogen (secondary N) is 1. The van der Waals surface area contributed by atoms with Gasteiger partial charge in [-0.25, -0.2) is 9.48 Å². The van der Waals surface area contributed by atoms with Crippen LogP contribution < -0.4 is 5.32 Å². The first-order valence-electron chi connectivity index (χ1n) is 10.6. The van der Waals surface area contributed by atoms with Crippen molar-refractivity contribution >= 4 is 56.6 Å². The van der Waals surface area contributed by atoms with Gasteiger partial charge in [-0.3, -0.25) is 0 Å². The summed E-state index contributed by atoms with van der Waals surface area (Å²) in [6.45, 7) is 7.96. The molecule has 4 aromatic rings. The van der Waals surface area contributed by atoms with E-state index in [1.807, 2.05) is 24.3 Å². The Kier molecular flexibility index (Phi) is 7.24. The van der Waals surface area contributed by atoms with E-state index in [0.717, 1.165) is 15.0 Å². The van der Waals surface area contributed by atoms with E-state index in [9.17, 15) is 9.90 Å². The molecule has 182 valence electrons.